The van der Waals surface area contributed by atoms with Gasteiger partial charge in [-0.05, 0) is 48.7 Å². The average molecular weight is 386 g/mol. The summed E-state index contributed by atoms with van der Waals surface area (Å²) in [4.78, 5) is 27.1. The Morgan fingerprint density at radius 3 is 2.78 bits per heavy atom. The lowest BCUT2D eigenvalue weighted by Gasteiger charge is -2.29. The molecule has 140 valence electrons. The van der Waals surface area contributed by atoms with E-state index in [-0.39, 0.29) is 23.0 Å². The Labute approximate surface area is 155 Å². The third-order valence-electron chi connectivity index (χ3n) is 4.67. The Morgan fingerprint density at radius 1 is 1.22 bits per heavy atom. The van der Waals surface area contributed by atoms with Gasteiger partial charge >= 0.3 is 5.69 Å². The molecule has 0 unspecified atom stereocenters. The molecule has 0 radical (unpaired) electrons. The van der Waals surface area contributed by atoms with Crippen LogP contribution in [-0.4, -0.2) is 41.3 Å². The van der Waals surface area contributed by atoms with Gasteiger partial charge in [-0.3, -0.25) is 9.20 Å². The van der Waals surface area contributed by atoms with E-state index < -0.39 is 9.84 Å². The molecular weight excluding hydrogens is 368 g/mol. The van der Waals surface area contributed by atoms with Gasteiger partial charge < -0.3 is 4.90 Å². The van der Waals surface area contributed by atoms with Gasteiger partial charge in [-0.2, -0.15) is 0 Å². The van der Waals surface area contributed by atoms with Crippen molar-refractivity contribution in [2.45, 2.75) is 24.3 Å². The molecule has 3 aromatic rings. The Balaban J connectivity index is 1.65. The normalized spacial score (nSPS) is 14.3. The van der Waals surface area contributed by atoms with Crippen molar-refractivity contribution < 1.29 is 13.2 Å². The first-order chi connectivity index (χ1) is 12.8. The van der Waals surface area contributed by atoms with Gasteiger partial charge in [0, 0.05) is 24.7 Å². The number of hydrogen-bond donors (Lipinski definition) is 0. The van der Waals surface area contributed by atoms with Gasteiger partial charge in [-0.1, -0.05) is 6.07 Å². The predicted octanol–water partition coefficient (Wildman–Crippen LogP) is 0.879. The molecule has 1 aliphatic rings. The highest BCUT2D eigenvalue weighted by molar-refractivity contribution is 7.90. The number of amides is 1. The Morgan fingerprint density at radius 2 is 2.04 bits per heavy atom. The number of anilines is 1. The van der Waals surface area contributed by atoms with E-state index in [1.165, 1.54) is 10.5 Å². The molecule has 0 N–H and O–H groups in total. The van der Waals surface area contributed by atoms with Crippen molar-refractivity contribution in [3.05, 3.63) is 58.6 Å². The standard InChI is InChI=1S/C18H18N4O4S/c1-27(25,26)14-7-8-15-13(11-14)5-4-10-20(15)17(23)12-22-18(24)21-9-3-2-6-16(21)19-22/h2-3,6-9,11H,4-5,10,12H2,1H3. The van der Waals surface area contributed by atoms with Crippen LogP contribution in [0, 0.1) is 0 Å². The summed E-state index contributed by atoms with van der Waals surface area (Å²) in [6, 6.07) is 10.00. The maximum Gasteiger partial charge on any atom is 0.350 e. The van der Waals surface area contributed by atoms with Crippen molar-refractivity contribution >= 4 is 27.1 Å². The number of rotatable bonds is 3. The molecule has 9 heteroatoms. The van der Waals surface area contributed by atoms with Gasteiger partial charge in [0.1, 0.15) is 6.54 Å². The van der Waals surface area contributed by atoms with Crippen LogP contribution in [0.15, 0.2) is 52.3 Å². The monoisotopic (exact) mass is 386 g/mol. The highest BCUT2D eigenvalue weighted by Gasteiger charge is 2.25. The van der Waals surface area contributed by atoms with E-state index in [9.17, 15) is 18.0 Å². The Kier molecular flexibility index (Phi) is 4.11. The van der Waals surface area contributed by atoms with Crippen molar-refractivity contribution in [3.8, 4) is 0 Å². The zero-order valence-electron chi connectivity index (χ0n) is 14.7. The molecule has 4 rings (SSSR count). The molecule has 0 saturated carbocycles. The first kappa shape index (κ1) is 17.5. The molecule has 0 spiro atoms. The first-order valence-electron chi connectivity index (χ1n) is 8.52. The smallest absolute Gasteiger partial charge is 0.311 e. The molecule has 1 aliphatic heterocycles. The molecule has 8 nitrogen and oxygen atoms in total. The molecule has 2 aromatic heterocycles. The minimum atomic E-state index is -3.30. The lowest BCUT2D eigenvalue weighted by atomic mass is 10.0. The van der Waals surface area contributed by atoms with Crippen molar-refractivity contribution in [3.63, 3.8) is 0 Å². The number of aryl methyl sites for hydroxylation is 1. The highest BCUT2D eigenvalue weighted by atomic mass is 32.2. The van der Waals surface area contributed by atoms with Crippen molar-refractivity contribution in [1.82, 2.24) is 14.2 Å². The largest absolute Gasteiger partial charge is 0.350 e. The second kappa shape index (κ2) is 6.34. The van der Waals surface area contributed by atoms with Crippen LogP contribution in [-0.2, 0) is 27.6 Å². The van der Waals surface area contributed by atoms with Gasteiger partial charge in [0.05, 0.1) is 4.90 Å². The molecule has 0 atom stereocenters. The number of carbonyl (C=O) groups is 1. The zero-order chi connectivity index (χ0) is 19.2. The van der Waals surface area contributed by atoms with Gasteiger partial charge in [-0.25, -0.2) is 17.9 Å². The summed E-state index contributed by atoms with van der Waals surface area (Å²) in [6.07, 6.45) is 4.20. The second-order valence-corrected chi connectivity index (χ2v) is 8.60. The molecule has 3 heterocycles. The van der Waals surface area contributed by atoms with E-state index in [1.54, 1.807) is 41.4 Å². The number of benzene rings is 1. The number of carbonyl (C=O) groups excluding carboxylic acids is 1. The molecule has 0 fully saturated rings. The third kappa shape index (κ3) is 3.14. The molecule has 0 aliphatic carbocycles. The van der Waals surface area contributed by atoms with Crippen LogP contribution < -0.4 is 10.6 Å². The van der Waals surface area contributed by atoms with Crippen LogP contribution in [0.1, 0.15) is 12.0 Å². The number of fused-ring (bicyclic) bond motifs is 2. The number of aromatic nitrogens is 3. The van der Waals surface area contributed by atoms with Crippen molar-refractivity contribution in [2.75, 3.05) is 17.7 Å². The van der Waals surface area contributed by atoms with Gasteiger partial charge in [0.15, 0.2) is 15.5 Å². The minimum absolute atomic E-state index is 0.173. The summed E-state index contributed by atoms with van der Waals surface area (Å²) in [5, 5.41) is 4.19. The van der Waals surface area contributed by atoms with Gasteiger partial charge in [0.25, 0.3) is 0 Å². The molecule has 27 heavy (non-hydrogen) atoms. The van der Waals surface area contributed by atoms with Crippen molar-refractivity contribution in [1.29, 1.82) is 0 Å². The fourth-order valence-electron chi connectivity index (χ4n) is 3.35. The number of hydrogen-bond acceptors (Lipinski definition) is 5. The minimum Gasteiger partial charge on any atom is -0.311 e. The molecule has 0 bridgehead atoms. The molecule has 0 saturated heterocycles. The summed E-state index contributed by atoms with van der Waals surface area (Å²) < 4.78 is 26.1. The molecular formula is C18H18N4O4S. The van der Waals surface area contributed by atoms with E-state index in [0.29, 0.717) is 24.3 Å². The lowest BCUT2D eigenvalue weighted by molar-refractivity contribution is -0.119. The number of pyridine rings is 1. The van der Waals surface area contributed by atoms with Crippen LogP contribution in [0.5, 0.6) is 0 Å². The second-order valence-electron chi connectivity index (χ2n) is 6.58. The molecule has 1 aromatic carbocycles. The maximum atomic E-state index is 12.8. The summed E-state index contributed by atoms with van der Waals surface area (Å²) in [6.45, 7) is 0.347. The average Bonchev–Trinajstić information content (AvgIpc) is 2.96. The summed E-state index contributed by atoms with van der Waals surface area (Å²) in [7, 11) is -3.30. The first-order valence-corrected chi connectivity index (χ1v) is 10.4. The van der Waals surface area contributed by atoms with E-state index in [4.69, 9.17) is 0 Å². The summed E-state index contributed by atoms with van der Waals surface area (Å²) in [5.74, 6) is -0.256. The van der Waals surface area contributed by atoms with Gasteiger partial charge in [-0.15, -0.1) is 5.10 Å². The van der Waals surface area contributed by atoms with E-state index in [1.807, 2.05) is 0 Å². The van der Waals surface area contributed by atoms with E-state index >= 15 is 0 Å². The van der Waals surface area contributed by atoms with E-state index in [0.717, 1.165) is 22.9 Å². The van der Waals surface area contributed by atoms with Crippen LogP contribution in [0.2, 0.25) is 0 Å². The van der Waals surface area contributed by atoms with Crippen LogP contribution in [0.4, 0.5) is 5.69 Å². The summed E-state index contributed by atoms with van der Waals surface area (Å²) >= 11 is 0. The number of nitrogens with zero attached hydrogens (tertiary/aromatic N) is 4. The molecule has 1 amide bonds. The topological polar surface area (TPSA) is 93.8 Å². The van der Waals surface area contributed by atoms with Crippen LogP contribution in [0.25, 0.3) is 5.65 Å². The van der Waals surface area contributed by atoms with Crippen LogP contribution in [0.3, 0.4) is 0 Å². The predicted molar refractivity (Wildman–Crippen MR) is 99.7 cm³/mol. The fourth-order valence-corrected chi connectivity index (χ4v) is 4.02. The van der Waals surface area contributed by atoms with Crippen LogP contribution >= 0.6 is 0 Å². The quantitative estimate of drug-likeness (QED) is 0.666. The SMILES string of the molecule is CS(=O)(=O)c1ccc2c(c1)CCCN2C(=O)Cn1nc2ccccn2c1=O. The van der Waals surface area contributed by atoms with Gasteiger partial charge in [0.2, 0.25) is 5.91 Å². The maximum absolute atomic E-state index is 12.8. The van der Waals surface area contributed by atoms with Crippen molar-refractivity contribution in [2.24, 2.45) is 0 Å². The number of sulfone groups is 1. The zero-order valence-corrected chi connectivity index (χ0v) is 15.5. The Hall–Kier alpha value is -2.94. The lowest BCUT2D eigenvalue weighted by Crippen LogP contribution is -2.39. The highest BCUT2D eigenvalue weighted by Crippen LogP contribution is 2.29. The Bertz CT molecular complexity index is 1210. The van der Waals surface area contributed by atoms with E-state index in [2.05, 4.69) is 5.10 Å². The summed E-state index contributed by atoms with van der Waals surface area (Å²) in [5.41, 5.74) is 1.62. The fraction of sp³-hybridized carbons (Fsp3) is 0.278. The third-order valence-corrected chi connectivity index (χ3v) is 5.78.